The third-order valence-electron chi connectivity index (χ3n) is 3.55. The van der Waals surface area contributed by atoms with Gasteiger partial charge in [0.15, 0.2) is 11.5 Å². The summed E-state index contributed by atoms with van der Waals surface area (Å²) in [6, 6.07) is 9.37. The van der Waals surface area contributed by atoms with Crippen LogP contribution in [0, 0.1) is 0 Å². The summed E-state index contributed by atoms with van der Waals surface area (Å²) in [5.74, 6) is -0.139. The smallest absolute Gasteiger partial charge is 0.395 e. The molecule has 3 aromatic rings. The summed E-state index contributed by atoms with van der Waals surface area (Å²) >= 11 is 7.47. The first kappa shape index (κ1) is 16.7. The third-order valence-corrected chi connectivity index (χ3v) is 4.73. The standard InChI is InChI=1S/C17H9ClF2N2O3S/c18-11-7-13-12(24-17(19,20)25-13)6-10(11)9-3-4-15(21-8-9)22-16(23)14-2-1-5-26-14/h1-8H,(H,21,22,23). The summed E-state index contributed by atoms with van der Waals surface area (Å²) in [5, 5.41) is 4.69. The van der Waals surface area contributed by atoms with Gasteiger partial charge >= 0.3 is 6.29 Å². The molecule has 1 aliphatic heterocycles. The Kier molecular flexibility index (Phi) is 4.01. The van der Waals surface area contributed by atoms with Crippen LogP contribution in [0.4, 0.5) is 14.6 Å². The number of thiophene rings is 1. The molecule has 0 radical (unpaired) electrons. The first-order valence-corrected chi connectivity index (χ1v) is 8.58. The number of carbonyl (C=O) groups is 1. The summed E-state index contributed by atoms with van der Waals surface area (Å²) in [6.45, 7) is 0. The SMILES string of the molecule is O=C(Nc1ccc(-c2cc3c(cc2Cl)OC(F)(F)O3)cn1)c1cccs1. The van der Waals surface area contributed by atoms with Gasteiger partial charge in [-0.05, 0) is 29.6 Å². The van der Waals surface area contributed by atoms with Crippen LogP contribution in [0.5, 0.6) is 11.5 Å². The fraction of sp³-hybridized carbons (Fsp3) is 0.0588. The Labute approximate surface area is 155 Å². The second kappa shape index (κ2) is 6.22. The predicted molar refractivity (Wildman–Crippen MR) is 93.2 cm³/mol. The topological polar surface area (TPSA) is 60.5 Å². The van der Waals surface area contributed by atoms with Crippen molar-refractivity contribution < 1.29 is 23.0 Å². The molecule has 0 atom stereocenters. The van der Waals surface area contributed by atoms with Gasteiger partial charge in [0.1, 0.15) is 5.82 Å². The van der Waals surface area contributed by atoms with Crippen molar-refractivity contribution in [1.82, 2.24) is 4.98 Å². The molecule has 26 heavy (non-hydrogen) atoms. The van der Waals surface area contributed by atoms with E-state index in [2.05, 4.69) is 19.8 Å². The number of benzene rings is 1. The molecular weight excluding hydrogens is 386 g/mol. The van der Waals surface area contributed by atoms with Crippen LogP contribution in [0.25, 0.3) is 11.1 Å². The molecule has 1 amide bonds. The van der Waals surface area contributed by atoms with E-state index in [9.17, 15) is 13.6 Å². The van der Waals surface area contributed by atoms with Gasteiger partial charge in [-0.2, -0.15) is 0 Å². The van der Waals surface area contributed by atoms with Gasteiger partial charge in [-0.15, -0.1) is 20.1 Å². The van der Waals surface area contributed by atoms with Crippen LogP contribution in [-0.4, -0.2) is 17.2 Å². The van der Waals surface area contributed by atoms with E-state index in [4.69, 9.17) is 11.6 Å². The number of aromatic nitrogens is 1. The molecule has 1 aliphatic rings. The van der Waals surface area contributed by atoms with Crippen LogP contribution in [0.2, 0.25) is 5.02 Å². The molecule has 9 heteroatoms. The van der Waals surface area contributed by atoms with Crippen LogP contribution in [0.15, 0.2) is 48.0 Å². The van der Waals surface area contributed by atoms with Crippen LogP contribution >= 0.6 is 22.9 Å². The Morgan fingerprint density at radius 1 is 1.19 bits per heavy atom. The molecule has 0 aliphatic carbocycles. The molecule has 3 heterocycles. The van der Waals surface area contributed by atoms with E-state index in [1.165, 1.54) is 29.7 Å². The number of halogens is 3. The maximum absolute atomic E-state index is 13.2. The summed E-state index contributed by atoms with van der Waals surface area (Å²) in [7, 11) is 0. The average Bonchev–Trinajstić information content (AvgIpc) is 3.21. The maximum Gasteiger partial charge on any atom is 0.586 e. The van der Waals surface area contributed by atoms with Crippen LogP contribution < -0.4 is 14.8 Å². The number of ether oxygens (including phenoxy) is 2. The van der Waals surface area contributed by atoms with E-state index in [0.717, 1.165) is 0 Å². The number of fused-ring (bicyclic) bond motifs is 1. The normalized spacial score (nSPS) is 14.3. The van der Waals surface area contributed by atoms with E-state index in [1.807, 2.05) is 0 Å². The number of nitrogens with zero attached hydrogens (tertiary/aromatic N) is 1. The predicted octanol–water partition coefficient (Wildman–Crippen LogP) is 5.04. The highest BCUT2D eigenvalue weighted by atomic mass is 35.5. The first-order chi connectivity index (χ1) is 12.4. The number of hydrogen-bond acceptors (Lipinski definition) is 5. The molecular formula is C17H9ClF2N2O3S. The molecule has 0 fully saturated rings. The second-order valence-corrected chi connectivity index (χ2v) is 6.66. The largest absolute Gasteiger partial charge is 0.586 e. The van der Waals surface area contributed by atoms with Crippen molar-refractivity contribution in [2.75, 3.05) is 5.32 Å². The molecule has 0 saturated heterocycles. The Hall–Kier alpha value is -2.71. The number of anilines is 1. The molecule has 0 spiro atoms. The van der Waals surface area contributed by atoms with Crippen LogP contribution in [0.3, 0.4) is 0 Å². The number of amides is 1. The fourth-order valence-corrected chi connectivity index (χ4v) is 3.29. The van der Waals surface area contributed by atoms with Gasteiger partial charge in [-0.25, -0.2) is 4.98 Å². The van der Waals surface area contributed by atoms with E-state index in [1.54, 1.807) is 29.6 Å². The number of rotatable bonds is 3. The highest BCUT2D eigenvalue weighted by Gasteiger charge is 2.43. The van der Waals surface area contributed by atoms with Crippen molar-refractivity contribution in [2.45, 2.75) is 6.29 Å². The molecule has 2 aromatic heterocycles. The maximum atomic E-state index is 13.2. The van der Waals surface area contributed by atoms with Crippen molar-refractivity contribution in [3.8, 4) is 22.6 Å². The lowest BCUT2D eigenvalue weighted by molar-refractivity contribution is -0.286. The number of alkyl halides is 2. The van der Waals surface area contributed by atoms with Crippen LogP contribution in [0.1, 0.15) is 9.67 Å². The third kappa shape index (κ3) is 3.21. The van der Waals surface area contributed by atoms with E-state index >= 15 is 0 Å². The highest BCUT2D eigenvalue weighted by molar-refractivity contribution is 7.12. The van der Waals surface area contributed by atoms with E-state index in [0.29, 0.717) is 21.8 Å². The molecule has 5 nitrogen and oxygen atoms in total. The van der Waals surface area contributed by atoms with Crippen molar-refractivity contribution >= 4 is 34.7 Å². The second-order valence-electron chi connectivity index (χ2n) is 5.31. The number of carbonyl (C=O) groups excluding carboxylic acids is 1. The minimum Gasteiger partial charge on any atom is -0.395 e. The lowest BCUT2D eigenvalue weighted by atomic mass is 10.1. The van der Waals surface area contributed by atoms with Crippen LogP contribution in [-0.2, 0) is 0 Å². The monoisotopic (exact) mass is 394 g/mol. The van der Waals surface area contributed by atoms with Crippen molar-refractivity contribution in [3.63, 3.8) is 0 Å². The Morgan fingerprint density at radius 2 is 1.96 bits per heavy atom. The Balaban J connectivity index is 1.57. The molecule has 132 valence electrons. The Bertz CT molecular complexity index is 978. The van der Waals surface area contributed by atoms with Crippen molar-refractivity contribution in [2.24, 2.45) is 0 Å². The quantitative estimate of drug-likeness (QED) is 0.676. The molecule has 4 rings (SSSR count). The summed E-state index contributed by atoms with van der Waals surface area (Å²) in [6.07, 6.45) is -2.23. The van der Waals surface area contributed by atoms with Crippen molar-refractivity contribution in [3.05, 3.63) is 57.9 Å². The summed E-state index contributed by atoms with van der Waals surface area (Å²) in [4.78, 5) is 16.7. The fourth-order valence-electron chi connectivity index (χ4n) is 2.41. The van der Waals surface area contributed by atoms with Gasteiger partial charge in [0.05, 0.1) is 9.90 Å². The van der Waals surface area contributed by atoms with Gasteiger partial charge in [0.25, 0.3) is 5.91 Å². The lowest BCUT2D eigenvalue weighted by Crippen LogP contribution is -2.25. The van der Waals surface area contributed by atoms with E-state index < -0.39 is 6.29 Å². The Morgan fingerprint density at radius 3 is 2.62 bits per heavy atom. The molecule has 1 aromatic carbocycles. The zero-order valence-electron chi connectivity index (χ0n) is 12.8. The minimum absolute atomic E-state index is 0.107. The van der Waals surface area contributed by atoms with Gasteiger partial charge in [-0.3, -0.25) is 4.79 Å². The van der Waals surface area contributed by atoms with E-state index in [-0.39, 0.29) is 22.4 Å². The van der Waals surface area contributed by atoms with Gasteiger partial charge in [0.2, 0.25) is 0 Å². The number of nitrogens with one attached hydrogen (secondary N) is 1. The minimum atomic E-state index is -3.71. The number of hydrogen-bond donors (Lipinski definition) is 1. The first-order valence-electron chi connectivity index (χ1n) is 7.32. The summed E-state index contributed by atoms with van der Waals surface area (Å²) in [5.41, 5.74) is 1.03. The zero-order valence-corrected chi connectivity index (χ0v) is 14.4. The van der Waals surface area contributed by atoms with Gasteiger partial charge in [0, 0.05) is 23.4 Å². The van der Waals surface area contributed by atoms with Crippen molar-refractivity contribution in [1.29, 1.82) is 0 Å². The molecule has 1 N–H and O–H groups in total. The molecule has 0 bridgehead atoms. The number of pyridine rings is 1. The lowest BCUT2D eigenvalue weighted by Gasteiger charge is -2.07. The molecule has 0 unspecified atom stereocenters. The average molecular weight is 395 g/mol. The summed E-state index contributed by atoms with van der Waals surface area (Å²) < 4.78 is 35.1. The molecule has 0 saturated carbocycles. The highest BCUT2D eigenvalue weighted by Crippen LogP contribution is 2.45. The van der Waals surface area contributed by atoms with Gasteiger partial charge in [-0.1, -0.05) is 17.7 Å². The van der Waals surface area contributed by atoms with Gasteiger partial charge < -0.3 is 14.8 Å². The zero-order chi connectivity index (χ0) is 18.3.